The second-order valence-electron chi connectivity index (χ2n) is 2.84. The van der Waals surface area contributed by atoms with Crippen LogP contribution in [-0.2, 0) is 4.79 Å². The highest BCUT2D eigenvalue weighted by Gasteiger charge is 2.07. The first-order chi connectivity index (χ1) is 5.66. The maximum Gasteiger partial charge on any atom is 0.300 e. The minimum atomic E-state index is -0.833. The Morgan fingerprint density at radius 2 is 2.00 bits per heavy atom. The molecule has 0 aromatic heterocycles. The first-order valence-corrected chi connectivity index (χ1v) is 4.19. The number of piperidine rings is 1. The fourth-order valence-electron chi connectivity index (χ4n) is 1.08. The minimum absolute atomic E-state index is 0.788. The van der Waals surface area contributed by atoms with Gasteiger partial charge in [-0.25, -0.2) is 0 Å². The van der Waals surface area contributed by atoms with Gasteiger partial charge in [-0.15, -0.1) is 6.58 Å². The van der Waals surface area contributed by atoms with Gasteiger partial charge in [-0.05, 0) is 31.8 Å². The van der Waals surface area contributed by atoms with Gasteiger partial charge in [0.05, 0.1) is 0 Å². The molecule has 0 spiro atoms. The molecule has 1 aliphatic rings. The molecule has 3 nitrogen and oxygen atoms in total. The van der Waals surface area contributed by atoms with Crippen LogP contribution in [0.1, 0.15) is 19.8 Å². The summed E-state index contributed by atoms with van der Waals surface area (Å²) in [4.78, 5) is 9.00. The molecule has 0 aromatic rings. The molecular formula is C9H17NO2. The Hall–Kier alpha value is -0.830. The minimum Gasteiger partial charge on any atom is -0.481 e. The Morgan fingerprint density at radius 3 is 2.25 bits per heavy atom. The van der Waals surface area contributed by atoms with Gasteiger partial charge in [0, 0.05) is 6.92 Å². The van der Waals surface area contributed by atoms with Gasteiger partial charge >= 0.3 is 0 Å². The maximum absolute atomic E-state index is 9.00. The molecule has 0 atom stereocenters. The molecule has 0 aliphatic carbocycles. The lowest BCUT2D eigenvalue weighted by atomic mass is 9.99. The van der Waals surface area contributed by atoms with Crippen LogP contribution in [0.4, 0.5) is 0 Å². The van der Waals surface area contributed by atoms with E-state index in [1.807, 2.05) is 0 Å². The van der Waals surface area contributed by atoms with Crippen molar-refractivity contribution in [2.45, 2.75) is 19.8 Å². The largest absolute Gasteiger partial charge is 0.481 e. The second-order valence-corrected chi connectivity index (χ2v) is 2.84. The summed E-state index contributed by atoms with van der Waals surface area (Å²) in [6.07, 6.45) is 4.63. The molecule has 0 amide bonds. The van der Waals surface area contributed by atoms with Gasteiger partial charge in [0.2, 0.25) is 0 Å². The van der Waals surface area contributed by atoms with Gasteiger partial charge in [-0.3, -0.25) is 4.79 Å². The molecule has 1 saturated heterocycles. The molecule has 0 saturated carbocycles. The summed E-state index contributed by atoms with van der Waals surface area (Å²) in [6, 6.07) is 0. The number of hydrogen-bond acceptors (Lipinski definition) is 2. The van der Waals surface area contributed by atoms with E-state index in [9.17, 15) is 0 Å². The highest BCUT2D eigenvalue weighted by atomic mass is 16.4. The van der Waals surface area contributed by atoms with Gasteiger partial charge in [0.25, 0.3) is 5.97 Å². The van der Waals surface area contributed by atoms with Crippen LogP contribution in [0.15, 0.2) is 12.7 Å². The lowest BCUT2D eigenvalue weighted by Gasteiger charge is -2.18. The number of rotatable bonds is 1. The van der Waals surface area contributed by atoms with Gasteiger partial charge in [-0.2, -0.15) is 0 Å². The predicted molar refractivity (Wildman–Crippen MR) is 49.1 cm³/mol. The van der Waals surface area contributed by atoms with E-state index >= 15 is 0 Å². The zero-order chi connectivity index (χ0) is 9.40. The van der Waals surface area contributed by atoms with Crippen LogP contribution in [0.3, 0.4) is 0 Å². The van der Waals surface area contributed by atoms with Crippen LogP contribution < -0.4 is 5.32 Å². The van der Waals surface area contributed by atoms with Crippen LogP contribution in [0.2, 0.25) is 0 Å². The second kappa shape index (κ2) is 6.85. The molecule has 1 heterocycles. The Balaban J connectivity index is 0.000000261. The van der Waals surface area contributed by atoms with E-state index in [0.29, 0.717) is 0 Å². The Morgan fingerprint density at radius 1 is 1.58 bits per heavy atom. The normalized spacial score (nSPS) is 17.4. The molecule has 2 N–H and O–H groups in total. The first kappa shape index (κ1) is 11.2. The molecule has 0 aromatic carbocycles. The van der Waals surface area contributed by atoms with Gasteiger partial charge in [0.1, 0.15) is 0 Å². The standard InChI is InChI=1S/C7H13N.C2H4O2/c1-2-7-3-5-8-6-4-7;1-2(3)4/h2,7-8H,1,3-6H2;1H3,(H,3,4). The lowest BCUT2D eigenvalue weighted by Crippen LogP contribution is -2.26. The summed E-state index contributed by atoms with van der Waals surface area (Å²) >= 11 is 0. The van der Waals surface area contributed by atoms with E-state index < -0.39 is 5.97 Å². The van der Waals surface area contributed by atoms with Crippen LogP contribution in [0.5, 0.6) is 0 Å². The highest BCUT2D eigenvalue weighted by Crippen LogP contribution is 2.10. The Kier molecular flexibility index (Phi) is 6.38. The van der Waals surface area contributed by atoms with Crippen molar-refractivity contribution >= 4 is 5.97 Å². The fourth-order valence-corrected chi connectivity index (χ4v) is 1.08. The van der Waals surface area contributed by atoms with Crippen molar-refractivity contribution in [3.05, 3.63) is 12.7 Å². The third-order valence-corrected chi connectivity index (χ3v) is 1.72. The SMILES string of the molecule is C=CC1CCNCC1.CC(=O)O. The summed E-state index contributed by atoms with van der Waals surface area (Å²) in [5.41, 5.74) is 0. The maximum atomic E-state index is 9.00. The molecule has 1 fully saturated rings. The van der Waals surface area contributed by atoms with E-state index in [4.69, 9.17) is 9.90 Å². The van der Waals surface area contributed by atoms with Gasteiger partial charge in [-0.1, -0.05) is 6.08 Å². The molecule has 0 bridgehead atoms. The van der Waals surface area contributed by atoms with Crippen LogP contribution in [0.25, 0.3) is 0 Å². The van der Waals surface area contributed by atoms with E-state index in [1.165, 1.54) is 25.9 Å². The number of hydrogen-bond donors (Lipinski definition) is 2. The quantitative estimate of drug-likeness (QED) is 0.584. The summed E-state index contributed by atoms with van der Waals surface area (Å²) in [6.45, 7) is 7.19. The van der Waals surface area contributed by atoms with E-state index in [1.54, 1.807) is 0 Å². The third kappa shape index (κ3) is 7.28. The molecule has 1 aliphatic heterocycles. The highest BCUT2D eigenvalue weighted by molar-refractivity contribution is 5.62. The number of aliphatic carboxylic acids is 1. The summed E-state index contributed by atoms with van der Waals surface area (Å²) in [5.74, 6) is -0.0451. The summed E-state index contributed by atoms with van der Waals surface area (Å²) in [5, 5.41) is 10.7. The number of nitrogens with one attached hydrogen (secondary N) is 1. The van der Waals surface area contributed by atoms with Crippen molar-refractivity contribution in [3.8, 4) is 0 Å². The molecule has 1 rings (SSSR count). The zero-order valence-corrected chi connectivity index (χ0v) is 7.55. The predicted octanol–water partition coefficient (Wildman–Crippen LogP) is 1.26. The number of allylic oxidation sites excluding steroid dienone is 1. The summed E-state index contributed by atoms with van der Waals surface area (Å²) in [7, 11) is 0. The zero-order valence-electron chi connectivity index (χ0n) is 7.55. The average Bonchev–Trinajstić information content (AvgIpc) is 2.05. The van der Waals surface area contributed by atoms with Crippen LogP contribution >= 0.6 is 0 Å². The number of carboxylic acids is 1. The molecule has 70 valence electrons. The average molecular weight is 171 g/mol. The van der Waals surface area contributed by atoms with E-state index in [2.05, 4.69) is 18.0 Å². The first-order valence-electron chi connectivity index (χ1n) is 4.19. The fraction of sp³-hybridized carbons (Fsp3) is 0.667. The van der Waals surface area contributed by atoms with Crippen molar-refractivity contribution < 1.29 is 9.90 Å². The number of carboxylic acid groups (broad SMARTS) is 1. The van der Waals surface area contributed by atoms with Crippen LogP contribution in [-0.4, -0.2) is 24.2 Å². The van der Waals surface area contributed by atoms with Crippen LogP contribution in [0, 0.1) is 5.92 Å². The Labute approximate surface area is 73.5 Å². The van der Waals surface area contributed by atoms with E-state index in [0.717, 1.165) is 12.8 Å². The van der Waals surface area contributed by atoms with Crippen molar-refractivity contribution in [3.63, 3.8) is 0 Å². The molecule has 0 unspecified atom stereocenters. The van der Waals surface area contributed by atoms with Gasteiger partial charge < -0.3 is 10.4 Å². The Bertz CT molecular complexity index is 135. The van der Waals surface area contributed by atoms with Crippen molar-refractivity contribution in [2.24, 2.45) is 5.92 Å². The van der Waals surface area contributed by atoms with Crippen molar-refractivity contribution in [2.75, 3.05) is 13.1 Å². The summed E-state index contributed by atoms with van der Waals surface area (Å²) < 4.78 is 0. The molecule has 12 heavy (non-hydrogen) atoms. The number of carbonyl (C=O) groups is 1. The molecular weight excluding hydrogens is 154 g/mol. The monoisotopic (exact) mass is 171 g/mol. The van der Waals surface area contributed by atoms with Gasteiger partial charge in [0.15, 0.2) is 0 Å². The van der Waals surface area contributed by atoms with Crippen molar-refractivity contribution in [1.82, 2.24) is 5.32 Å². The topological polar surface area (TPSA) is 49.3 Å². The molecule has 0 radical (unpaired) electrons. The van der Waals surface area contributed by atoms with Crippen molar-refractivity contribution in [1.29, 1.82) is 0 Å². The van der Waals surface area contributed by atoms with E-state index in [-0.39, 0.29) is 0 Å². The lowest BCUT2D eigenvalue weighted by molar-refractivity contribution is -0.134. The third-order valence-electron chi connectivity index (χ3n) is 1.72. The smallest absolute Gasteiger partial charge is 0.300 e. The molecule has 3 heteroatoms.